The van der Waals surface area contributed by atoms with Gasteiger partial charge in [0.1, 0.15) is 16.8 Å². The highest BCUT2D eigenvalue weighted by Gasteiger charge is 2.35. The molecule has 1 amide bonds. The Bertz CT molecular complexity index is 644. The molecule has 1 aromatic carbocycles. The van der Waals surface area contributed by atoms with Gasteiger partial charge in [-0.1, -0.05) is 30.3 Å². The van der Waals surface area contributed by atoms with E-state index in [9.17, 15) is 9.90 Å². The van der Waals surface area contributed by atoms with Gasteiger partial charge in [-0.2, -0.15) is 0 Å². The summed E-state index contributed by atoms with van der Waals surface area (Å²) in [5.41, 5.74) is 1.42. The molecule has 0 radical (unpaired) electrons. The molecule has 22 heavy (non-hydrogen) atoms. The number of β-amino-alcohol motifs (C(OH)–C–C–N with tert-alkyl or cyclic N) is 1. The fraction of sp³-hybridized carbons (Fsp3) is 0.375. The Morgan fingerprint density at radius 1 is 1.41 bits per heavy atom. The van der Waals surface area contributed by atoms with Crippen molar-refractivity contribution < 1.29 is 14.6 Å². The number of hydrogen-bond acceptors (Lipinski definition) is 5. The molecular formula is C16H18N2O3S. The van der Waals surface area contributed by atoms with E-state index in [1.807, 2.05) is 37.3 Å². The topological polar surface area (TPSA) is 62.7 Å². The second-order valence-electron chi connectivity index (χ2n) is 5.18. The van der Waals surface area contributed by atoms with E-state index in [0.717, 1.165) is 10.6 Å². The zero-order chi connectivity index (χ0) is 15.5. The van der Waals surface area contributed by atoms with Crippen LogP contribution in [0.3, 0.4) is 0 Å². The van der Waals surface area contributed by atoms with E-state index in [1.54, 1.807) is 10.3 Å². The summed E-state index contributed by atoms with van der Waals surface area (Å²) in [4.78, 5) is 18.5. The van der Waals surface area contributed by atoms with Crippen molar-refractivity contribution in [3.63, 3.8) is 0 Å². The van der Waals surface area contributed by atoms with E-state index in [-0.39, 0.29) is 12.0 Å². The number of ether oxygens (including phenoxy) is 1. The maximum atomic E-state index is 12.5. The Labute approximate surface area is 133 Å². The van der Waals surface area contributed by atoms with Crippen LogP contribution in [0.15, 0.2) is 35.7 Å². The van der Waals surface area contributed by atoms with E-state index in [4.69, 9.17) is 4.74 Å². The van der Waals surface area contributed by atoms with Gasteiger partial charge in [0.15, 0.2) is 0 Å². The van der Waals surface area contributed by atoms with Crippen molar-refractivity contribution in [2.24, 2.45) is 0 Å². The predicted molar refractivity (Wildman–Crippen MR) is 84.9 cm³/mol. The summed E-state index contributed by atoms with van der Waals surface area (Å²) < 4.78 is 5.44. The Kier molecular flexibility index (Phi) is 4.52. The summed E-state index contributed by atoms with van der Waals surface area (Å²) in [6, 6.07) is 9.78. The van der Waals surface area contributed by atoms with Gasteiger partial charge < -0.3 is 14.7 Å². The molecule has 0 saturated carbocycles. The number of thiazole rings is 1. The number of carbonyl (C=O) groups excluding carboxylic acids is 1. The molecule has 116 valence electrons. The Morgan fingerprint density at radius 3 is 2.91 bits per heavy atom. The van der Waals surface area contributed by atoms with Gasteiger partial charge in [0, 0.05) is 30.6 Å². The first-order valence-electron chi connectivity index (χ1n) is 7.29. The van der Waals surface area contributed by atoms with Crippen molar-refractivity contribution in [3.05, 3.63) is 41.4 Å². The van der Waals surface area contributed by atoms with Gasteiger partial charge in [0.2, 0.25) is 0 Å². The molecule has 3 rings (SSSR count). The van der Waals surface area contributed by atoms with Crippen molar-refractivity contribution in [2.45, 2.75) is 19.1 Å². The summed E-state index contributed by atoms with van der Waals surface area (Å²) in [6.07, 6.45) is -0.933. The van der Waals surface area contributed by atoms with Crippen LogP contribution in [0, 0.1) is 0 Å². The molecular weight excluding hydrogens is 300 g/mol. The number of nitrogens with zero attached hydrogens (tertiary/aromatic N) is 2. The average molecular weight is 318 g/mol. The molecule has 5 nitrogen and oxygen atoms in total. The number of aliphatic hydroxyl groups excluding tert-OH is 1. The third-order valence-corrected chi connectivity index (χ3v) is 4.54. The summed E-state index contributed by atoms with van der Waals surface area (Å²) >= 11 is 1.45. The lowest BCUT2D eigenvalue weighted by Crippen LogP contribution is -2.30. The SMILES string of the molecule is CCO[C@@H]1CN(C(=O)c2csc(-c3ccccc3)n2)C[C@H]1O. The fourth-order valence-corrected chi connectivity index (χ4v) is 3.35. The molecule has 0 unspecified atom stereocenters. The fourth-order valence-electron chi connectivity index (χ4n) is 2.55. The first kappa shape index (κ1) is 15.1. The van der Waals surface area contributed by atoms with Crippen molar-refractivity contribution in [1.29, 1.82) is 0 Å². The lowest BCUT2D eigenvalue weighted by atomic mass is 10.2. The smallest absolute Gasteiger partial charge is 0.273 e. The molecule has 1 N–H and O–H groups in total. The zero-order valence-electron chi connectivity index (χ0n) is 12.3. The van der Waals surface area contributed by atoms with Gasteiger partial charge in [-0.05, 0) is 6.92 Å². The number of aromatic nitrogens is 1. The van der Waals surface area contributed by atoms with E-state index in [1.165, 1.54) is 11.3 Å². The van der Waals surface area contributed by atoms with Crippen LogP contribution in [0.2, 0.25) is 0 Å². The maximum Gasteiger partial charge on any atom is 0.273 e. The van der Waals surface area contributed by atoms with Crippen LogP contribution in [-0.2, 0) is 4.74 Å². The largest absolute Gasteiger partial charge is 0.388 e. The number of hydrogen-bond donors (Lipinski definition) is 1. The molecule has 1 saturated heterocycles. The van der Waals surface area contributed by atoms with Crippen molar-refractivity contribution >= 4 is 17.2 Å². The minimum absolute atomic E-state index is 0.153. The number of carbonyl (C=O) groups is 1. The summed E-state index contributed by atoms with van der Waals surface area (Å²) in [7, 11) is 0. The van der Waals surface area contributed by atoms with Crippen LogP contribution in [0.5, 0.6) is 0 Å². The van der Waals surface area contributed by atoms with Crippen LogP contribution in [0.1, 0.15) is 17.4 Å². The van der Waals surface area contributed by atoms with Crippen LogP contribution in [0.25, 0.3) is 10.6 Å². The summed E-state index contributed by atoms with van der Waals surface area (Å²) in [5.74, 6) is -0.153. The molecule has 0 aliphatic carbocycles. The molecule has 1 aliphatic rings. The van der Waals surface area contributed by atoms with Crippen LogP contribution < -0.4 is 0 Å². The normalized spacial score (nSPS) is 21.3. The minimum Gasteiger partial charge on any atom is -0.388 e. The van der Waals surface area contributed by atoms with Crippen LogP contribution in [0.4, 0.5) is 0 Å². The first-order chi connectivity index (χ1) is 10.7. The Morgan fingerprint density at radius 2 is 2.18 bits per heavy atom. The standard InChI is InChI=1S/C16H18N2O3S/c1-2-21-14-9-18(8-13(14)19)16(20)12-10-22-15(17-12)11-6-4-3-5-7-11/h3-7,10,13-14,19H,2,8-9H2,1H3/t13-,14-/m1/s1. The van der Waals surface area contributed by atoms with E-state index < -0.39 is 6.10 Å². The molecule has 2 heterocycles. The van der Waals surface area contributed by atoms with Crippen molar-refractivity contribution in [3.8, 4) is 10.6 Å². The molecule has 2 aromatic rings. The van der Waals surface area contributed by atoms with Crippen molar-refractivity contribution in [1.82, 2.24) is 9.88 Å². The van der Waals surface area contributed by atoms with E-state index in [2.05, 4.69) is 4.98 Å². The second-order valence-corrected chi connectivity index (χ2v) is 6.03. The Balaban J connectivity index is 1.73. The van der Waals surface area contributed by atoms with Crippen LogP contribution in [-0.4, -0.2) is 52.8 Å². The molecule has 2 atom stereocenters. The summed E-state index contributed by atoms with van der Waals surface area (Å²) in [5, 5.41) is 12.5. The molecule has 0 bridgehead atoms. The van der Waals surface area contributed by atoms with E-state index in [0.29, 0.717) is 25.4 Å². The molecule has 1 fully saturated rings. The lowest BCUT2D eigenvalue weighted by Gasteiger charge is -2.14. The number of likely N-dealkylation sites (tertiary alicyclic amines) is 1. The highest BCUT2D eigenvalue weighted by molar-refractivity contribution is 7.13. The molecule has 0 spiro atoms. The predicted octanol–water partition coefficient (Wildman–Crippen LogP) is 2.03. The third kappa shape index (κ3) is 3.04. The molecule has 1 aromatic heterocycles. The third-order valence-electron chi connectivity index (χ3n) is 3.65. The number of amides is 1. The molecule has 1 aliphatic heterocycles. The zero-order valence-corrected chi connectivity index (χ0v) is 13.1. The number of rotatable bonds is 4. The van der Waals surface area contributed by atoms with Gasteiger partial charge in [-0.15, -0.1) is 11.3 Å². The van der Waals surface area contributed by atoms with Gasteiger partial charge >= 0.3 is 0 Å². The molecule has 6 heteroatoms. The van der Waals surface area contributed by atoms with Gasteiger partial charge in [-0.3, -0.25) is 4.79 Å². The second kappa shape index (κ2) is 6.56. The highest BCUT2D eigenvalue weighted by Crippen LogP contribution is 2.25. The van der Waals surface area contributed by atoms with Gasteiger partial charge in [0.25, 0.3) is 5.91 Å². The number of benzene rings is 1. The maximum absolute atomic E-state index is 12.5. The summed E-state index contributed by atoms with van der Waals surface area (Å²) in [6.45, 7) is 3.11. The monoisotopic (exact) mass is 318 g/mol. The quantitative estimate of drug-likeness (QED) is 0.937. The van der Waals surface area contributed by atoms with Crippen molar-refractivity contribution in [2.75, 3.05) is 19.7 Å². The van der Waals surface area contributed by atoms with Crippen LogP contribution >= 0.6 is 11.3 Å². The van der Waals surface area contributed by atoms with E-state index >= 15 is 0 Å². The minimum atomic E-state index is -0.629. The number of aliphatic hydroxyl groups is 1. The highest BCUT2D eigenvalue weighted by atomic mass is 32.1. The first-order valence-corrected chi connectivity index (χ1v) is 8.17. The Hall–Kier alpha value is -1.76. The lowest BCUT2D eigenvalue weighted by molar-refractivity contribution is -0.00237. The van der Waals surface area contributed by atoms with Gasteiger partial charge in [0.05, 0.1) is 6.10 Å². The van der Waals surface area contributed by atoms with Gasteiger partial charge in [-0.25, -0.2) is 4.98 Å². The average Bonchev–Trinajstić information content (AvgIpc) is 3.16.